The van der Waals surface area contributed by atoms with E-state index in [1.165, 1.54) is 4.88 Å². The van der Waals surface area contributed by atoms with Gasteiger partial charge in [0.25, 0.3) is 0 Å². The van der Waals surface area contributed by atoms with Crippen molar-refractivity contribution in [3.63, 3.8) is 0 Å². The molecular weight excluding hydrogens is 356 g/mol. The molecule has 0 aliphatic carbocycles. The summed E-state index contributed by atoms with van der Waals surface area (Å²) in [6.07, 6.45) is 0. The Hall–Kier alpha value is -2.63. The average Bonchev–Trinajstić information content (AvgIpc) is 3.20. The number of fused-ring (bicyclic) bond motifs is 2. The first-order valence-electron chi connectivity index (χ1n) is 8.98. The second-order valence-electron chi connectivity index (χ2n) is 6.85. The number of nitrogens with one attached hydrogen (secondary N) is 1. The quantitative estimate of drug-likeness (QED) is 0.715. The third-order valence-corrected chi connectivity index (χ3v) is 5.88. The van der Waals surface area contributed by atoms with Crippen molar-refractivity contribution in [2.45, 2.75) is 12.0 Å². The number of likely N-dealkylation sites (N-methyl/N-ethyl adjacent to an activating group) is 1. The van der Waals surface area contributed by atoms with Gasteiger partial charge in [-0.15, -0.1) is 11.3 Å². The number of thiophene rings is 1. The minimum absolute atomic E-state index is 0.00149. The first-order chi connectivity index (χ1) is 13.1. The molecule has 138 valence electrons. The molecule has 27 heavy (non-hydrogen) atoms. The summed E-state index contributed by atoms with van der Waals surface area (Å²) in [5.41, 5.74) is 1.82. The van der Waals surface area contributed by atoms with E-state index in [4.69, 9.17) is 4.74 Å². The van der Waals surface area contributed by atoms with Crippen molar-refractivity contribution in [3.8, 4) is 11.5 Å². The fourth-order valence-electron chi connectivity index (χ4n) is 3.51. The maximum atomic E-state index is 13.2. The summed E-state index contributed by atoms with van der Waals surface area (Å²) >= 11 is 1.71. The SMILES string of the molecule is CN(C)C(CNC(=O)C1c2ccccc2Oc2ccccc21)c1cccs1. The zero-order chi connectivity index (χ0) is 18.8. The minimum atomic E-state index is -0.364. The van der Waals surface area contributed by atoms with E-state index < -0.39 is 0 Å². The van der Waals surface area contributed by atoms with Crippen LogP contribution in [0.2, 0.25) is 0 Å². The molecule has 1 aromatic heterocycles. The largest absolute Gasteiger partial charge is 0.457 e. The number of para-hydroxylation sites is 2. The molecule has 1 unspecified atom stereocenters. The van der Waals surface area contributed by atoms with Gasteiger partial charge in [0.1, 0.15) is 11.5 Å². The van der Waals surface area contributed by atoms with Crippen LogP contribution in [-0.2, 0) is 4.79 Å². The highest BCUT2D eigenvalue weighted by molar-refractivity contribution is 7.10. The third-order valence-electron chi connectivity index (χ3n) is 4.91. The number of ether oxygens (including phenoxy) is 1. The summed E-state index contributed by atoms with van der Waals surface area (Å²) in [5, 5.41) is 5.24. The highest BCUT2D eigenvalue weighted by Gasteiger charge is 2.32. The summed E-state index contributed by atoms with van der Waals surface area (Å²) in [5.74, 6) is 1.14. The second kappa shape index (κ2) is 7.55. The zero-order valence-corrected chi connectivity index (χ0v) is 16.2. The Kier molecular flexibility index (Phi) is 4.97. The molecule has 0 saturated carbocycles. The van der Waals surface area contributed by atoms with Crippen LogP contribution in [0, 0.1) is 0 Å². The second-order valence-corrected chi connectivity index (χ2v) is 7.83. The molecule has 0 radical (unpaired) electrons. The number of carbonyl (C=O) groups is 1. The molecule has 0 bridgehead atoms. The van der Waals surface area contributed by atoms with E-state index in [9.17, 15) is 4.79 Å². The molecule has 4 nitrogen and oxygen atoms in total. The summed E-state index contributed by atoms with van der Waals surface area (Å²) in [4.78, 5) is 16.6. The summed E-state index contributed by atoms with van der Waals surface area (Å²) in [6.45, 7) is 0.564. The highest BCUT2D eigenvalue weighted by atomic mass is 32.1. The van der Waals surface area contributed by atoms with E-state index in [-0.39, 0.29) is 17.9 Å². The lowest BCUT2D eigenvalue weighted by Gasteiger charge is -2.29. The molecule has 0 saturated heterocycles. The fraction of sp³-hybridized carbons (Fsp3) is 0.227. The first-order valence-corrected chi connectivity index (χ1v) is 9.86. The van der Waals surface area contributed by atoms with Crippen LogP contribution >= 0.6 is 11.3 Å². The molecular formula is C22H22N2O2S. The minimum Gasteiger partial charge on any atom is -0.457 e. The van der Waals surface area contributed by atoms with Gasteiger partial charge in [0.05, 0.1) is 12.0 Å². The molecule has 1 N–H and O–H groups in total. The van der Waals surface area contributed by atoms with E-state index in [0.717, 1.165) is 22.6 Å². The topological polar surface area (TPSA) is 41.6 Å². The van der Waals surface area contributed by atoms with Gasteiger partial charge in [0, 0.05) is 22.5 Å². The van der Waals surface area contributed by atoms with Crippen LogP contribution < -0.4 is 10.1 Å². The van der Waals surface area contributed by atoms with Crippen molar-refractivity contribution in [1.82, 2.24) is 10.2 Å². The zero-order valence-electron chi connectivity index (χ0n) is 15.4. The van der Waals surface area contributed by atoms with E-state index in [2.05, 4.69) is 21.7 Å². The van der Waals surface area contributed by atoms with Crippen LogP contribution in [0.25, 0.3) is 0 Å². The van der Waals surface area contributed by atoms with Crippen LogP contribution in [0.5, 0.6) is 11.5 Å². The monoisotopic (exact) mass is 378 g/mol. The van der Waals surface area contributed by atoms with Crippen molar-refractivity contribution in [1.29, 1.82) is 0 Å². The molecule has 1 amide bonds. The molecule has 3 aromatic rings. The molecule has 5 heteroatoms. The van der Waals surface area contributed by atoms with Gasteiger partial charge in [-0.2, -0.15) is 0 Å². The van der Waals surface area contributed by atoms with E-state index >= 15 is 0 Å². The van der Waals surface area contributed by atoms with Crippen LogP contribution in [0.1, 0.15) is 28.0 Å². The van der Waals surface area contributed by atoms with E-state index in [1.54, 1.807) is 11.3 Å². The van der Waals surface area contributed by atoms with Gasteiger partial charge in [-0.3, -0.25) is 4.79 Å². The molecule has 0 fully saturated rings. The molecule has 0 spiro atoms. The number of hydrogen-bond acceptors (Lipinski definition) is 4. The molecule has 1 aliphatic heterocycles. The standard InChI is InChI=1S/C22H22N2O2S/c1-24(2)17(20-12-7-13-27-20)14-23-22(25)21-15-8-3-5-10-18(15)26-19-11-6-4-9-16(19)21/h3-13,17,21H,14H2,1-2H3,(H,23,25). The number of rotatable bonds is 5. The van der Waals surface area contributed by atoms with Crippen molar-refractivity contribution < 1.29 is 9.53 Å². The van der Waals surface area contributed by atoms with E-state index in [1.807, 2.05) is 68.7 Å². The van der Waals surface area contributed by atoms with Gasteiger partial charge in [0.15, 0.2) is 0 Å². The number of amides is 1. The van der Waals surface area contributed by atoms with E-state index in [0.29, 0.717) is 6.54 Å². The maximum Gasteiger partial charge on any atom is 0.232 e. The summed E-state index contributed by atoms with van der Waals surface area (Å²) < 4.78 is 5.99. The van der Waals surface area contributed by atoms with Gasteiger partial charge in [0.2, 0.25) is 5.91 Å². The van der Waals surface area contributed by atoms with Crippen LogP contribution in [0.4, 0.5) is 0 Å². The molecule has 2 aromatic carbocycles. The normalized spacial score (nSPS) is 14.2. The lowest BCUT2D eigenvalue weighted by Crippen LogP contribution is -2.37. The number of nitrogens with zero attached hydrogens (tertiary/aromatic N) is 1. The molecule has 2 heterocycles. The van der Waals surface area contributed by atoms with Gasteiger partial charge in [-0.1, -0.05) is 42.5 Å². The predicted molar refractivity (Wildman–Crippen MR) is 109 cm³/mol. The van der Waals surface area contributed by atoms with Crippen molar-refractivity contribution in [2.24, 2.45) is 0 Å². The van der Waals surface area contributed by atoms with Gasteiger partial charge in [-0.05, 0) is 37.7 Å². The smallest absolute Gasteiger partial charge is 0.232 e. The summed E-state index contributed by atoms with van der Waals surface area (Å²) in [6, 6.07) is 19.8. The lowest BCUT2D eigenvalue weighted by atomic mass is 9.87. The highest BCUT2D eigenvalue weighted by Crippen LogP contribution is 2.43. The molecule has 4 rings (SSSR count). The average molecular weight is 378 g/mol. The van der Waals surface area contributed by atoms with Crippen molar-refractivity contribution in [2.75, 3.05) is 20.6 Å². The molecule has 1 atom stereocenters. The first kappa shape index (κ1) is 17.8. The predicted octanol–water partition coefficient (Wildman–Crippen LogP) is 4.40. The van der Waals surface area contributed by atoms with Gasteiger partial charge in [-0.25, -0.2) is 0 Å². The Balaban J connectivity index is 1.60. The maximum absolute atomic E-state index is 13.2. The van der Waals surface area contributed by atoms with Crippen LogP contribution in [0.3, 0.4) is 0 Å². The molecule has 1 aliphatic rings. The van der Waals surface area contributed by atoms with Crippen LogP contribution in [0.15, 0.2) is 66.0 Å². The Morgan fingerprint density at radius 3 is 2.22 bits per heavy atom. The van der Waals surface area contributed by atoms with Crippen LogP contribution in [-0.4, -0.2) is 31.4 Å². The van der Waals surface area contributed by atoms with Gasteiger partial charge < -0.3 is 15.0 Å². The third kappa shape index (κ3) is 3.48. The summed E-state index contributed by atoms with van der Waals surface area (Å²) in [7, 11) is 4.07. The number of benzene rings is 2. The number of hydrogen-bond donors (Lipinski definition) is 1. The Labute approximate surface area is 163 Å². The lowest BCUT2D eigenvalue weighted by molar-refractivity contribution is -0.122. The Bertz CT molecular complexity index is 892. The number of carbonyl (C=O) groups excluding carboxylic acids is 1. The van der Waals surface area contributed by atoms with Crippen molar-refractivity contribution in [3.05, 3.63) is 82.0 Å². The van der Waals surface area contributed by atoms with Crippen molar-refractivity contribution >= 4 is 17.2 Å². The fourth-order valence-corrected chi connectivity index (χ4v) is 4.43. The Morgan fingerprint density at radius 1 is 1.04 bits per heavy atom. The Morgan fingerprint density at radius 2 is 1.67 bits per heavy atom. The van der Waals surface area contributed by atoms with Gasteiger partial charge >= 0.3 is 0 Å².